The topological polar surface area (TPSA) is 50.2 Å². The monoisotopic (exact) mass is 362 g/mol. The van der Waals surface area contributed by atoms with Crippen LogP contribution >= 0.6 is 24.8 Å². The van der Waals surface area contributed by atoms with Gasteiger partial charge in [-0.25, -0.2) is 0 Å². The van der Waals surface area contributed by atoms with Crippen molar-refractivity contribution in [2.45, 2.75) is 45.6 Å². The quantitative estimate of drug-likeness (QED) is 0.879. The molecule has 0 spiro atoms. The molecule has 7 heteroatoms. The Morgan fingerprint density at radius 2 is 1.96 bits per heavy atom. The average Bonchev–Trinajstić information content (AvgIpc) is 3.05. The van der Waals surface area contributed by atoms with Crippen LogP contribution in [0.1, 0.15) is 48.7 Å². The second-order valence-electron chi connectivity index (χ2n) is 6.44. The third-order valence-corrected chi connectivity index (χ3v) is 5.08. The second-order valence-corrected chi connectivity index (χ2v) is 6.44. The molecule has 2 saturated heterocycles. The Balaban J connectivity index is 0.00000132. The van der Waals surface area contributed by atoms with Crippen molar-refractivity contribution >= 4 is 30.7 Å². The van der Waals surface area contributed by atoms with Crippen LogP contribution in [0.2, 0.25) is 0 Å². The van der Waals surface area contributed by atoms with Crippen LogP contribution in [0.3, 0.4) is 0 Å². The van der Waals surface area contributed by atoms with Crippen molar-refractivity contribution in [1.29, 1.82) is 0 Å². The number of likely N-dealkylation sites (tertiary alicyclic amines) is 1. The zero-order chi connectivity index (χ0) is 15.0. The van der Waals surface area contributed by atoms with E-state index in [2.05, 4.69) is 29.2 Å². The van der Waals surface area contributed by atoms with Gasteiger partial charge in [0.05, 0.1) is 17.7 Å². The first-order chi connectivity index (χ1) is 10.1. The van der Waals surface area contributed by atoms with Gasteiger partial charge in [-0.15, -0.1) is 24.8 Å². The molecule has 3 heterocycles. The summed E-state index contributed by atoms with van der Waals surface area (Å²) in [7, 11) is 1.98. The highest BCUT2D eigenvalue weighted by Gasteiger charge is 2.36. The van der Waals surface area contributed by atoms with Gasteiger partial charge >= 0.3 is 0 Å². The molecule has 1 aromatic heterocycles. The number of nitrogens with one attached hydrogen (secondary N) is 1. The molecule has 2 aliphatic heterocycles. The molecule has 5 nitrogen and oxygen atoms in total. The number of carbonyl (C=O) groups is 1. The molecule has 2 fully saturated rings. The smallest absolute Gasteiger partial charge is 0.227 e. The molecule has 2 atom stereocenters. The molecule has 3 rings (SSSR count). The summed E-state index contributed by atoms with van der Waals surface area (Å²) in [6.07, 6.45) is 4.31. The predicted octanol–water partition coefficient (Wildman–Crippen LogP) is 2.54. The number of piperidine rings is 1. The van der Waals surface area contributed by atoms with E-state index in [-0.39, 0.29) is 36.8 Å². The van der Waals surface area contributed by atoms with Gasteiger partial charge in [-0.1, -0.05) is 0 Å². The molecule has 2 aliphatic rings. The second kappa shape index (κ2) is 8.36. The van der Waals surface area contributed by atoms with E-state index in [1.54, 1.807) is 0 Å². The zero-order valence-corrected chi connectivity index (χ0v) is 15.8. The molecule has 0 radical (unpaired) electrons. The van der Waals surface area contributed by atoms with E-state index in [1.807, 2.05) is 11.7 Å². The number of rotatable bonds is 2. The molecular formula is C16H28Cl2N4O. The van der Waals surface area contributed by atoms with Crippen molar-refractivity contribution in [3.05, 3.63) is 17.0 Å². The van der Waals surface area contributed by atoms with Gasteiger partial charge in [-0.2, -0.15) is 5.10 Å². The van der Waals surface area contributed by atoms with Crippen molar-refractivity contribution in [2.24, 2.45) is 13.0 Å². The molecule has 0 aromatic carbocycles. The minimum absolute atomic E-state index is 0. The summed E-state index contributed by atoms with van der Waals surface area (Å²) in [5.41, 5.74) is 3.53. The molecule has 1 amide bonds. The fraction of sp³-hybridized carbons (Fsp3) is 0.750. The lowest BCUT2D eigenvalue weighted by molar-refractivity contribution is -0.137. The van der Waals surface area contributed by atoms with Crippen molar-refractivity contribution in [1.82, 2.24) is 20.0 Å². The van der Waals surface area contributed by atoms with Crippen LogP contribution in [-0.4, -0.2) is 40.2 Å². The normalized spacial score (nSPS) is 24.0. The number of aryl methyl sites for hydroxylation is 2. The summed E-state index contributed by atoms with van der Waals surface area (Å²) in [6.45, 7) is 6.96. The number of halogens is 2. The Hall–Kier alpha value is -0.780. The van der Waals surface area contributed by atoms with E-state index in [4.69, 9.17) is 0 Å². The van der Waals surface area contributed by atoms with Crippen LogP contribution in [0.5, 0.6) is 0 Å². The number of aromatic nitrogens is 2. The number of amides is 1. The van der Waals surface area contributed by atoms with Gasteiger partial charge in [-0.3, -0.25) is 9.48 Å². The first-order valence-electron chi connectivity index (χ1n) is 8.11. The minimum Gasteiger partial charge on any atom is -0.335 e. The number of carbonyl (C=O) groups excluding carboxylic acids is 1. The van der Waals surface area contributed by atoms with E-state index in [0.29, 0.717) is 5.91 Å². The van der Waals surface area contributed by atoms with Crippen molar-refractivity contribution in [3.8, 4) is 0 Å². The minimum atomic E-state index is 0. The Kier molecular flexibility index (Phi) is 7.36. The maximum atomic E-state index is 12.9. The summed E-state index contributed by atoms with van der Waals surface area (Å²) < 4.78 is 1.94. The van der Waals surface area contributed by atoms with E-state index >= 15 is 0 Å². The van der Waals surface area contributed by atoms with Gasteiger partial charge < -0.3 is 10.2 Å². The number of hydrogen-bond acceptors (Lipinski definition) is 3. The van der Waals surface area contributed by atoms with Crippen LogP contribution in [-0.2, 0) is 11.8 Å². The summed E-state index contributed by atoms with van der Waals surface area (Å²) in [5.74, 6) is 0.504. The molecule has 2 unspecified atom stereocenters. The van der Waals surface area contributed by atoms with Crippen molar-refractivity contribution in [2.75, 3.05) is 19.6 Å². The van der Waals surface area contributed by atoms with Gasteiger partial charge in [0.2, 0.25) is 5.91 Å². The lowest BCUT2D eigenvalue weighted by Gasteiger charge is -2.31. The highest BCUT2D eigenvalue weighted by atomic mass is 35.5. The van der Waals surface area contributed by atoms with Gasteiger partial charge in [0.1, 0.15) is 0 Å². The summed E-state index contributed by atoms with van der Waals surface area (Å²) in [5, 5.41) is 7.88. The Labute approximate surface area is 151 Å². The molecule has 0 saturated carbocycles. The maximum absolute atomic E-state index is 12.9. The zero-order valence-electron chi connectivity index (χ0n) is 14.2. The van der Waals surface area contributed by atoms with Crippen molar-refractivity contribution in [3.63, 3.8) is 0 Å². The maximum Gasteiger partial charge on any atom is 0.227 e. The largest absolute Gasteiger partial charge is 0.335 e. The van der Waals surface area contributed by atoms with Crippen LogP contribution in [0.4, 0.5) is 0 Å². The molecule has 23 heavy (non-hydrogen) atoms. The van der Waals surface area contributed by atoms with Gasteiger partial charge in [0.15, 0.2) is 0 Å². The Morgan fingerprint density at radius 3 is 2.52 bits per heavy atom. The van der Waals surface area contributed by atoms with Crippen LogP contribution in [0, 0.1) is 19.8 Å². The standard InChI is InChI=1S/C16H26N4O.2ClH/c1-11-15(12(2)19(3)18-11)14-7-5-9-20(14)16(21)13-6-4-8-17-10-13;;/h13-14,17H,4-10H2,1-3H3;2*1H. The fourth-order valence-electron chi connectivity index (χ4n) is 3.90. The SMILES string of the molecule is Cc1nn(C)c(C)c1C1CCCN1C(=O)C1CCCNC1.Cl.Cl. The van der Waals surface area contributed by atoms with Crippen LogP contribution < -0.4 is 5.32 Å². The van der Waals surface area contributed by atoms with Gasteiger partial charge in [0.25, 0.3) is 0 Å². The first-order valence-corrected chi connectivity index (χ1v) is 8.11. The number of hydrogen-bond donors (Lipinski definition) is 1. The lowest BCUT2D eigenvalue weighted by Crippen LogP contribution is -2.42. The predicted molar refractivity (Wildman–Crippen MR) is 96.5 cm³/mol. The molecule has 132 valence electrons. The average molecular weight is 363 g/mol. The van der Waals surface area contributed by atoms with E-state index < -0.39 is 0 Å². The molecule has 1 N–H and O–H groups in total. The third kappa shape index (κ3) is 3.83. The van der Waals surface area contributed by atoms with Gasteiger partial charge in [0, 0.05) is 31.4 Å². The molecule has 0 bridgehead atoms. The first kappa shape index (κ1) is 20.3. The van der Waals surface area contributed by atoms with E-state index in [9.17, 15) is 4.79 Å². The lowest BCUT2D eigenvalue weighted by atomic mass is 9.96. The van der Waals surface area contributed by atoms with Crippen molar-refractivity contribution < 1.29 is 4.79 Å². The Bertz CT molecular complexity index is 540. The van der Waals surface area contributed by atoms with Crippen LogP contribution in [0.15, 0.2) is 0 Å². The summed E-state index contributed by atoms with van der Waals surface area (Å²) >= 11 is 0. The summed E-state index contributed by atoms with van der Waals surface area (Å²) in [6, 6.07) is 0.230. The van der Waals surface area contributed by atoms with Gasteiger partial charge in [-0.05, 0) is 46.1 Å². The van der Waals surface area contributed by atoms with E-state index in [0.717, 1.165) is 51.0 Å². The fourth-order valence-corrected chi connectivity index (χ4v) is 3.90. The summed E-state index contributed by atoms with van der Waals surface area (Å²) in [4.78, 5) is 15.0. The third-order valence-electron chi connectivity index (χ3n) is 5.08. The molecular weight excluding hydrogens is 335 g/mol. The highest BCUT2D eigenvalue weighted by Crippen LogP contribution is 2.36. The molecule has 0 aliphatic carbocycles. The Morgan fingerprint density at radius 1 is 1.22 bits per heavy atom. The van der Waals surface area contributed by atoms with Crippen LogP contribution in [0.25, 0.3) is 0 Å². The molecule has 1 aromatic rings. The van der Waals surface area contributed by atoms with E-state index in [1.165, 1.54) is 11.3 Å². The number of nitrogens with zero attached hydrogens (tertiary/aromatic N) is 3. The highest BCUT2D eigenvalue weighted by molar-refractivity contribution is 5.85.